The van der Waals surface area contributed by atoms with Gasteiger partial charge in [0.1, 0.15) is 0 Å². The topological polar surface area (TPSA) is 29.3 Å². The van der Waals surface area contributed by atoms with E-state index in [-0.39, 0.29) is 5.54 Å². The molecule has 0 spiro atoms. The van der Waals surface area contributed by atoms with Crippen LogP contribution in [0.1, 0.15) is 59.8 Å². The largest absolute Gasteiger partial charge is 0.329 e. The third-order valence-electron chi connectivity index (χ3n) is 4.99. The predicted octanol–water partition coefficient (Wildman–Crippen LogP) is 3.75. The van der Waals surface area contributed by atoms with E-state index >= 15 is 0 Å². The summed E-state index contributed by atoms with van der Waals surface area (Å²) >= 11 is 2.13. The number of thioether (sulfide) groups is 1. The van der Waals surface area contributed by atoms with E-state index in [0.717, 1.165) is 18.5 Å². The standard InChI is InChI=1S/C17H34N2S/c1-14(2)9-19(15-7-5-6-8-15)17(11-18)10-16(3,4)12-20-13-17/h14-15H,5-13,18H2,1-4H3. The summed E-state index contributed by atoms with van der Waals surface area (Å²) in [6, 6.07) is 0.787. The van der Waals surface area contributed by atoms with E-state index in [1.807, 2.05) is 0 Å². The van der Waals surface area contributed by atoms with Crippen LogP contribution in [0.25, 0.3) is 0 Å². The predicted molar refractivity (Wildman–Crippen MR) is 91.3 cm³/mol. The first-order chi connectivity index (χ1) is 9.38. The molecule has 2 fully saturated rings. The minimum Gasteiger partial charge on any atom is -0.329 e. The lowest BCUT2D eigenvalue weighted by Crippen LogP contribution is -2.63. The summed E-state index contributed by atoms with van der Waals surface area (Å²) in [4.78, 5) is 2.85. The average Bonchev–Trinajstić information content (AvgIpc) is 2.87. The normalized spacial score (nSPS) is 31.4. The van der Waals surface area contributed by atoms with E-state index in [1.165, 1.54) is 50.2 Å². The molecule has 0 radical (unpaired) electrons. The van der Waals surface area contributed by atoms with Crippen molar-refractivity contribution in [2.24, 2.45) is 17.1 Å². The Labute approximate surface area is 130 Å². The summed E-state index contributed by atoms with van der Waals surface area (Å²) in [5.74, 6) is 3.25. The fourth-order valence-electron chi connectivity index (χ4n) is 4.28. The van der Waals surface area contributed by atoms with Gasteiger partial charge in [-0.3, -0.25) is 4.90 Å². The van der Waals surface area contributed by atoms with Gasteiger partial charge in [-0.05, 0) is 36.3 Å². The van der Waals surface area contributed by atoms with E-state index in [1.54, 1.807) is 0 Å². The molecule has 1 heterocycles. The number of nitrogens with two attached hydrogens (primary N) is 1. The molecule has 1 saturated carbocycles. The number of rotatable bonds is 5. The van der Waals surface area contributed by atoms with Gasteiger partial charge < -0.3 is 5.73 Å². The first-order valence-electron chi connectivity index (χ1n) is 8.43. The van der Waals surface area contributed by atoms with Crippen molar-refractivity contribution >= 4 is 11.8 Å². The molecule has 20 heavy (non-hydrogen) atoms. The second-order valence-electron chi connectivity index (χ2n) is 8.25. The van der Waals surface area contributed by atoms with E-state index in [4.69, 9.17) is 5.73 Å². The Hall–Kier alpha value is 0.270. The Morgan fingerprint density at radius 3 is 2.35 bits per heavy atom. The zero-order valence-corrected chi connectivity index (χ0v) is 14.8. The van der Waals surface area contributed by atoms with Crippen molar-refractivity contribution < 1.29 is 0 Å². The van der Waals surface area contributed by atoms with Gasteiger partial charge in [0.25, 0.3) is 0 Å². The van der Waals surface area contributed by atoms with Crippen LogP contribution in [0.4, 0.5) is 0 Å². The van der Waals surface area contributed by atoms with E-state index in [9.17, 15) is 0 Å². The molecule has 3 heteroatoms. The molecule has 0 aromatic rings. The van der Waals surface area contributed by atoms with Crippen LogP contribution >= 0.6 is 11.8 Å². The van der Waals surface area contributed by atoms with Gasteiger partial charge in [-0.15, -0.1) is 0 Å². The molecule has 1 atom stereocenters. The van der Waals surface area contributed by atoms with Gasteiger partial charge in [0, 0.05) is 30.4 Å². The third kappa shape index (κ3) is 3.72. The van der Waals surface area contributed by atoms with Crippen LogP contribution in [-0.4, -0.2) is 41.1 Å². The Morgan fingerprint density at radius 1 is 1.20 bits per heavy atom. The summed E-state index contributed by atoms with van der Waals surface area (Å²) < 4.78 is 0. The van der Waals surface area contributed by atoms with Crippen LogP contribution in [0.15, 0.2) is 0 Å². The molecule has 0 bridgehead atoms. The van der Waals surface area contributed by atoms with Crippen molar-refractivity contribution in [3.05, 3.63) is 0 Å². The van der Waals surface area contributed by atoms with Crippen molar-refractivity contribution in [1.29, 1.82) is 0 Å². The van der Waals surface area contributed by atoms with Gasteiger partial charge in [0.05, 0.1) is 0 Å². The molecule has 1 saturated heterocycles. The van der Waals surface area contributed by atoms with Crippen LogP contribution in [-0.2, 0) is 0 Å². The molecule has 1 aliphatic carbocycles. The fourth-order valence-corrected chi connectivity index (χ4v) is 5.80. The summed E-state index contributed by atoms with van der Waals surface area (Å²) in [5, 5.41) is 0. The van der Waals surface area contributed by atoms with Crippen LogP contribution in [0.5, 0.6) is 0 Å². The van der Waals surface area contributed by atoms with Gasteiger partial charge in [0.15, 0.2) is 0 Å². The quantitative estimate of drug-likeness (QED) is 0.838. The van der Waals surface area contributed by atoms with Gasteiger partial charge >= 0.3 is 0 Å². The molecule has 1 aliphatic heterocycles. The minimum absolute atomic E-state index is 0.242. The van der Waals surface area contributed by atoms with Crippen molar-refractivity contribution in [3.8, 4) is 0 Å². The van der Waals surface area contributed by atoms with Crippen molar-refractivity contribution in [2.45, 2.75) is 71.4 Å². The second-order valence-corrected chi connectivity index (χ2v) is 9.23. The summed E-state index contributed by atoms with van der Waals surface area (Å²) in [7, 11) is 0. The maximum Gasteiger partial charge on any atom is 0.0430 e. The zero-order chi connectivity index (χ0) is 14.8. The lowest BCUT2D eigenvalue weighted by Gasteiger charge is -2.53. The highest BCUT2D eigenvalue weighted by Gasteiger charge is 2.46. The molecular weight excluding hydrogens is 264 g/mol. The fraction of sp³-hybridized carbons (Fsp3) is 1.00. The molecule has 1 unspecified atom stereocenters. The Morgan fingerprint density at radius 2 is 1.85 bits per heavy atom. The van der Waals surface area contributed by atoms with Crippen LogP contribution in [0, 0.1) is 11.3 Å². The average molecular weight is 299 g/mol. The molecular formula is C17H34N2S. The molecule has 2 rings (SSSR count). The second kappa shape index (κ2) is 6.58. The summed E-state index contributed by atoms with van der Waals surface area (Å²) in [6.45, 7) is 11.6. The maximum atomic E-state index is 6.35. The molecule has 0 amide bonds. The smallest absolute Gasteiger partial charge is 0.0430 e. The van der Waals surface area contributed by atoms with Crippen LogP contribution in [0.2, 0.25) is 0 Å². The van der Waals surface area contributed by atoms with Gasteiger partial charge in [-0.1, -0.05) is 40.5 Å². The van der Waals surface area contributed by atoms with Crippen molar-refractivity contribution in [3.63, 3.8) is 0 Å². The monoisotopic (exact) mass is 298 g/mol. The Balaban J connectivity index is 2.22. The third-order valence-corrected chi connectivity index (χ3v) is 6.71. The van der Waals surface area contributed by atoms with Crippen molar-refractivity contribution in [1.82, 2.24) is 4.90 Å². The summed E-state index contributed by atoms with van der Waals surface area (Å²) in [6.07, 6.45) is 6.87. The van der Waals surface area contributed by atoms with E-state index in [0.29, 0.717) is 5.41 Å². The van der Waals surface area contributed by atoms with Crippen molar-refractivity contribution in [2.75, 3.05) is 24.6 Å². The number of nitrogens with zero attached hydrogens (tertiary/aromatic N) is 1. The number of hydrogen-bond donors (Lipinski definition) is 1. The SMILES string of the molecule is CC(C)CN(C1CCCC1)C1(CN)CSCC(C)(C)C1. The molecule has 2 aliphatic rings. The van der Waals surface area contributed by atoms with Crippen LogP contribution < -0.4 is 5.73 Å². The highest BCUT2D eigenvalue weighted by molar-refractivity contribution is 7.99. The maximum absolute atomic E-state index is 6.35. The van der Waals surface area contributed by atoms with Crippen LogP contribution in [0.3, 0.4) is 0 Å². The molecule has 2 nitrogen and oxygen atoms in total. The lowest BCUT2D eigenvalue weighted by molar-refractivity contribution is 0.0218. The Bertz CT molecular complexity index is 310. The highest BCUT2D eigenvalue weighted by Crippen LogP contribution is 2.44. The lowest BCUT2D eigenvalue weighted by atomic mass is 9.77. The van der Waals surface area contributed by atoms with E-state index in [2.05, 4.69) is 44.4 Å². The zero-order valence-electron chi connectivity index (χ0n) is 14.0. The van der Waals surface area contributed by atoms with E-state index < -0.39 is 0 Å². The van der Waals surface area contributed by atoms with Gasteiger partial charge in [-0.2, -0.15) is 11.8 Å². The first kappa shape index (κ1) is 16.6. The molecule has 118 valence electrons. The number of hydrogen-bond acceptors (Lipinski definition) is 3. The minimum atomic E-state index is 0.242. The Kier molecular flexibility index (Phi) is 5.47. The molecule has 2 N–H and O–H groups in total. The van der Waals surface area contributed by atoms with Gasteiger partial charge in [0.2, 0.25) is 0 Å². The first-order valence-corrected chi connectivity index (χ1v) is 9.59. The summed E-state index contributed by atoms with van der Waals surface area (Å²) in [5.41, 5.74) is 7.02. The molecule has 0 aromatic heterocycles. The van der Waals surface area contributed by atoms with Gasteiger partial charge in [-0.25, -0.2) is 0 Å². The highest BCUT2D eigenvalue weighted by atomic mass is 32.2. The molecule has 0 aromatic carbocycles.